The number of nitrogens with one attached hydrogen (secondary N) is 2. The van der Waals surface area contributed by atoms with Gasteiger partial charge in [0.25, 0.3) is 0 Å². The average Bonchev–Trinajstić information content (AvgIpc) is 2.30. The van der Waals surface area contributed by atoms with Crippen LogP contribution in [0.15, 0.2) is 12.4 Å². The van der Waals surface area contributed by atoms with Gasteiger partial charge < -0.3 is 10.6 Å². The number of hydrogen-bond donors (Lipinski definition) is 2. The molecule has 0 aliphatic carbocycles. The SMILES string of the molecule is O=C(CC1CSCCN1)Nc1cc(Cl)ncn1. The molecule has 1 aliphatic rings. The minimum absolute atomic E-state index is 0.0558. The van der Waals surface area contributed by atoms with Gasteiger partial charge in [-0.2, -0.15) is 11.8 Å². The molecule has 92 valence electrons. The largest absolute Gasteiger partial charge is 0.312 e. The van der Waals surface area contributed by atoms with E-state index >= 15 is 0 Å². The van der Waals surface area contributed by atoms with Crippen LogP contribution < -0.4 is 10.6 Å². The topological polar surface area (TPSA) is 66.9 Å². The van der Waals surface area contributed by atoms with Crippen molar-refractivity contribution in [3.8, 4) is 0 Å². The summed E-state index contributed by atoms with van der Waals surface area (Å²) < 4.78 is 0. The zero-order valence-corrected chi connectivity index (χ0v) is 10.7. The van der Waals surface area contributed by atoms with Crippen LogP contribution in [-0.4, -0.2) is 40.0 Å². The normalized spacial score (nSPS) is 19.9. The van der Waals surface area contributed by atoms with Crippen LogP contribution in [0.2, 0.25) is 5.15 Å². The summed E-state index contributed by atoms with van der Waals surface area (Å²) in [5.74, 6) is 2.47. The van der Waals surface area contributed by atoms with Gasteiger partial charge in [-0.1, -0.05) is 11.6 Å². The number of anilines is 1. The van der Waals surface area contributed by atoms with Crippen LogP contribution in [0.5, 0.6) is 0 Å². The third kappa shape index (κ3) is 4.14. The van der Waals surface area contributed by atoms with Gasteiger partial charge in [0.2, 0.25) is 5.91 Å². The molecule has 0 saturated carbocycles. The number of carbonyl (C=O) groups excluding carboxylic acids is 1. The smallest absolute Gasteiger partial charge is 0.227 e. The number of aromatic nitrogens is 2. The van der Waals surface area contributed by atoms with Gasteiger partial charge in [0.15, 0.2) is 0 Å². The Hall–Kier alpha value is -0.850. The van der Waals surface area contributed by atoms with E-state index in [1.807, 2.05) is 11.8 Å². The van der Waals surface area contributed by atoms with E-state index in [1.165, 1.54) is 12.4 Å². The highest BCUT2D eigenvalue weighted by molar-refractivity contribution is 7.99. The van der Waals surface area contributed by atoms with Gasteiger partial charge in [-0.15, -0.1) is 0 Å². The Morgan fingerprint density at radius 2 is 2.53 bits per heavy atom. The Morgan fingerprint density at radius 1 is 1.65 bits per heavy atom. The van der Waals surface area contributed by atoms with E-state index in [4.69, 9.17) is 11.6 Å². The molecule has 0 spiro atoms. The Labute approximate surface area is 109 Å². The fraction of sp³-hybridized carbons (Fsp3) is 0.500. The molecular formula is C10H13ClN4OS. The Balaban J connectivity index is 1.84. The lowest BCUT2D eigenvalue weighted by molar-refractivity contribution is -0.116. The fourth-order valence-corrected chi connectivity index (χ4v) is 2.67. The quantitative estimate of drug-likeness (QED) is 0.809. The molecule has 2 heterocycles. The first-order valence-electron chi connectivity index (χ1n) is 5.32. The van der Waals surface area contributed by atoms with Crippen molar-refractivity contribution >= 4 is 35.1 Å². The van der Waals surface area contributed by atoms with Gasteiger partial charge in [-0.25, -0.2) is 9.97 Å². The van der Waals surface area contributed by atoms with E-state index in [1.54, 1.807) is 0 Å². The second-order valence-electron chi connectivity index (χ2n) is 3.70. The van der Waals surface area contributed by atoms with Crippen molar-refractivity contribution in [3.05, 3.63) is 17.5 Å². The molecular weight excluding hydrogens is 260 g/mol. The van der Waals surface area contributed by atoms with Crippen LogP contribution in [0.4, 0.5) is 5.82 Å². The van der Waals surface area contributed by atoms with E-state index in [9.17, 15) is 4.79 Å². The summed E-state index contributed by atoms with van der Waals surface area (Å²) in [6.45, 7) is 0.960. The zero-order chi connectivity index (χ0) is 12.1. The van der Waals surface area contributed by atoms with E-state index in [-0.39, 0.29) is 11.9 Å². The molecule has 0 bridgehead atoms. The average molecular weight is 273 g/mol. The van der Waals surface area contributed by atoms with Crippen molar-refractivity contribution in [2.75, 3.05) is 23.4 Å². The lowest BCUT2D eigenvalue weighted by Crippen LogP contribution is -2.39. The Kier molecular flexibility index (Phi) is 4.58. The molecule has 0 radical (unpaired) electrons. The molecule has 7 heteroatoms. The third-order valence-electron chi connectivity index (χ3n) is 2.33. The summed E-state index contributed by atoms with van der Waals surface area (Å²) in [6, 6.07) is 1.77. The maximum absolute atomic E-state index is 11.7. The summed E-state index contributed by atoms with van der Waals surface area (Å²) >= 11 is 7.57. The minimum atomic E-state index is -0.0558. The molecule has 0 aromatic carbocycles. The lowest BCUT2D eigenvalue weighted by atomic mass is 10.2. The molecule has 1 amide bonds. The lowest BCUT2D eigenvalue weighted by Gasteiger charge is -2.22. The van der Waals surface area contributed by atoms with Crippen molar-refractivity contribution in [2.24, 2.45) is 0 Å². The van der Waals surface area contributed by atoms with Crippen LogP contribution in [0.25, 0.3) is 0 Å². The number of rotatable bonds is 3. The van der Waals surface area contributed by atoms with Crippen molar-refractivity contribution < 1.29 is 4.79 Å². The zero-order valence-electron chi connectivity index (χ0n) is 9.15. The summed E-state index contributed by atoms with van der Waals surface area (Å²) in [5.41, 5.74) is 0. The van der Waals surface area contributed by atoms with Crippen LogP contribution in [0.1, 0.15) is 6.42 Å². The molecule has 1 unspecified atom stereocenters. The highest BCUT2D eigenvalue weighted by atomic mass is 35.5. The van der Waals surface area contributed by atoms with Gasteiger partial charge in [0.1, 0.15) is 17.3 Å². The van der Waals surface area contributed by atoms with Crippen LogP contribution in [-0.2, 0) is 4.79 Å². The van der Waals surface area contributed by atoms with E-state index < -0.39 is 0 Å². The third-order valence-corrected chi connectivity index (χ3v) is 3.67. The number of hydrogen-bond acceptors (Lipinski definition) is 5. The molecule has 1 aliphatic heterocycles. The van der Waals surface area contributed by atoms with Crippen LogP contribution >= 0.6 is 23.4 Å². The van der Waals surface area contributed by atoms with E-state index in [0.717, 1.165) is 18.1 Å². The summed E-state index contributed by atoms with van der Waals surface area (Å²) in [6.07, 6.45) is 1.78. The molecule has 1 fully saturated rings. The van der Waals surface area contributed by atoms with E-state index in [0.29, 0.717) is 17.4 Å². The highest BCUT2D eigenvalue weighted by Gasteiger charge is 2.16. The second-order valence-corrected chi connectivity index (χ2v) is 5.24. The van der Waals surface area contributed by atoms with Gasteiger partial charge in [-0.3, -0.25) is 4.79 Å². The molecule has 1 aromatic rings. The first-order valence-corrected chi connectivity index (χ1v) is 6.86. The maximum Gasteiger partial charge on any atom is 0.227 e. The monoisotopic (exact) mass is 272 g/mol. The van der Waals surface area contributed by atoms with Crippen molar-refractivity contribution in [3.63, 3.8) is 0 Å². The van der Waals surface area contributed by atoms with Gasteiger partial charge in [0.05, 0.1) is 0 Å². The summed E-state index contributed by atoms with van der Waals surface area (Å²) in [4.78, 5) is 19.4. The number of carbonyl (C=O) groups is 1. The van der Waals surface area contributed by atoms with Crippen molar-refractivity contribution in [2.45, 2.75) is 12.5 Å². The molecule has 1 aromatic heterocycles. The molecule has 5 nitrogen and oxygen atoms in total. The van der Waals surface area contributed by atoms with Crippen molar-refractivity contribution in [1.82, 2.24) is 15.3 Å². The first-order chi connectivity index (χ1) is 8.24. The Bertz CT molecular complexity index is 398. The minimum Gasteiger partial charge on any atom is -0.312 e. The maximum atomic E-state index is 11.7. The first kappa shape index (κ1) is 12.6. The molecule has 2 N–H and O–H groups in total. The van der Waals surface area contributed by atoms with Crippen LogP contribution in [0.3, 0.4) is 0 Å². The highest BCUT2D eigenvalue weighted by Crippen LogP contribution is 2.12. The molecule has 1 atom stereocenters. The molecule has 17 heavy (non-hydrogen) atoms. The Morgan fingerprint density at radius 3 is 3.24 bits per heavy atom. The molecule has 2 rings (SSSR count). The van der Waals surface area contributed by atoms with E-state index in [2.05, 4.69) is 20.6 Å². The van der Waals surface area contributed by atoms with Gasteiger partial charge in [0, 0.05) is 36.6 Å². The predicted molar refractivity (Wildman–Crippen MR) is 69.4 cm³/mol. The number of thioether (sulfide) groups is 1. The number of nitrogens with zero attached hydrogens (tertiary/aromatic N) is 2. The van der Waals surface area contributed by atoms with Gasteiger partial charge in [-0.05, 0) is 0 Å². The van der Waals surface area contributed by atoms with Crippen molar-refractivity contribution in [1.29, 1.82) is 0 Å². The summed E-state index contributed by atoms with van der Waals surface area (Å²) in [5, 5.41) is 6.33. The number of amides is 1. The second kappa shape index (κ2) is 6.18. The summed E-state index contributed by atoms with van der Waals surface area (Å²) in [7, 11) is 0. The van der Waals surface area contributed by atoms with Gasteiger partial charge >= 0.3 is 0 Å². The fourth-order valence-electron chi connectivity index (χ4n) is 1.57. The number of halogens is 1. The standard InChI is InChI=1S/C10H13ClN4OS/c11-8-4-9(14-6-13-8)15-10(16)3-7-5-17-2-1-12-7/h4,6-7,12H,1-3,5H2,(H,13,14,15,16). The van der Waals surface area contributed by atoms with Crippen LogP contribution in [0, 0.1) is 0 Å². The molecule has 1 saturated heterocycles. The predicted octanol–water partition coefficient (Wildman–Crippen LogP) is 1.16.